The van der Waals surface area contributed by atoms with Crippen LogP contribution in [-0.2, 0) is 14.3 Å². The summed E-state index contributed by atoms with van der Waals surface area (Å²) in [6.45, 7) is 1.24. The number of morpholine rings is 1. The van der Waals surface area contributed by atoms with Gasteiger partial charge in [0.05, 0.1) is 18.8 Å². The van der Waals surface area contributed by atoms with Crippen molar-refractivity contribution >= 4 is 33.5 Å². The molecule has 1 aliphatic rings. The predicted octanol–water partition coefficient (Wildman–Crippen LogP) is 1.17. The Morgan fingerprint density at radius 2 is 2.20 bits per heavy atom. The Kier molecular flexibility index (Phi) is 5.11. The van der Waals surface area contributed by atoms with Gasteiger partial charge in [0.2, 0.25) is 5.91 Å². The van der Waals surface area contributed by atoms with E-state index in [0.717, 1.165) is 4.47 Å². The summed E-state index contributed by atoms with van der Waals surface area (Å²) >= 11 is 3.35. The maximum atomic E-state index is 11.9. The first kappa shape index (κ1) is 15.0. The summed E-state index contributed by atoms with van der Waals surface area (Å²) in [5, 5.41) is 11.7. The fraction of sp³-hybridized carbons (Fsp3) is 0.385. The van der Waals surface area contributed by atoms with E-state index in [1.807, 2.05) is 18.2 Å². The highest BCUT2D eigenvalue weighted by molar-refractivity contribution is 9.10. The fourth-order valence-corrected chi connectivity index (χ4v) is 2.33. The van der Waals surface area contributed by atoms with Crippen LogP contribution >= 0.6 is 15.9 Å². The summed E-state index contributed by atoms with van der Waals surface area (Å²) < 4.78 is 5.91. The smallest absolute Gasteiger partial charge is 0.334 e. The van der Waals surface area contributed by atoms with Crippen molar-refractivity contribution in [3.05, 3.63) is 28.7 Å². The normalized spacial score (nSPS) is 19.6. The predicted molar refractivity (Wildman–Crippen MR) is 76.6 cm³/mol. The lowest BCUT2D eigenvalue weighted by molar-refractivity contribution is -0.156. The Bertz CT molecular complexity index is 509. The van der Waals surface area contributed by atoms with E-state index in [4.69, 9.17) is 9.84 Å². The van der Waals surface area contributed by atoms with Gasteiger partial charge in [0.1, 0.15) is 0 Å². The molecule has 1 aromatic carbocycles. The summed E-state index contributed by atoms with van der Waals surface area (Å²) in [4.78, 5) is 24.6. The second-order valence-corrected chi connectivity index (χ2v) is 5.32. The van der Waals surface area contributed by atoms with Gasteiger partial charge in [0, 0.05) is 17.6 Å². The number of nitrogens with zero attached hydrogens (tertiary/aromatic N) is 1. The van der Waals surface area contributed by atoms with Gasteiger partial charge in [-0.05, 0) is 28.1 Å². The van der Waals surface area contributed by atoms with Gasteiger partial charge in [-0.25, -0.2) is 4.79 Å². The van der Waals surface area contributed by atoms with Crippen LogP contribution < -0.4 is 5.32 Å². The number of carbonyl (C=O) groups excluding carboxylic acids is 1. The average Bonchev–Trinajstić information content (AvgIpc) is 2.41. The van der Waals surface area contributed by atoms with E-state index >= 15 is 0 Å². The molecule has 1 aliphatic heterocycles. The van der Waals surface area contributed by atoms with Crippen LogP contribution in [0, 0.1) is 0 Å². The first-order chi connectivity index (χ1) is 9.56. The van der Waals surface area contributed by atoms with E-state index in [2.05, 4.69) is 21.2 Å². The summed E-state index contributed by atoms with van der Waals surface area (Å²) in [5.41, 5.74) is 0.695. The van der Waals surface area contributed by atoms with Crippen molar-refractivity contribution in [3.63, 3.8) is 0 Å². The number of ether oxygens (including phenoxy) is 1. The molecule has 1 aromatic rings. The van der Waals surface area contributed by atoms with Crippen LogP contribution in [0.4, 0.5) is 5.69 Å². The van der Waals surface area contributed by atoms with Crippen molar-refractivity contribution in [2.24, 2.45) is 0 Å². The van der Waals surface area contributed by atoms with E-state index in [1.54, 1.807) is 11.0 Å². The minimum Gasteiger partial charge on any atom is -0.479 e. The molecule has 1 saturated heterocycles. The van der Waals surface area contributed by atoms with Crippen LogP contribution in [0.3, 0.4) is 0 Å². The van der Waals surface area contributed by atoms with Crippen LogP contribution in [0.1, 0.15) is 0 Å². The largest absolute Gasteiger partial charge is 0.479 e. The number of hydrogen-bond acceptors (Lipinski definition) is 4. The maximum absolute atomic E-state index is 11.9. The molecule has 6 nitrogen and oxygen atoms in total. The summed E-state index contributed by atoms with van der Waals surface area (Å²) in [6.07, 6.45) is -0.861. The lowest BCUT2D eigenvalue weighted by Gasteiger charge is -2.30. The number of anilines is 1. The van der Waals surface area contributed by atoms with E-state index in [-0.39, 0.29) is 19.0 Å². The molecule has 7 heteroatoms. The van der Waals surface area contributed by atoms with Gasteiger partial charge in [0.15, 0.2) is 6.10 Å². The second kappa shape index (κ2) is 6.83. The molecule has 1 amide bonds. The number of amides is 1. The van der Waals surface area contributed by atoms with Crippen molar-refractivity contribution < 1.29 is 19.4 Å². The molecule has 0 radical (unpaired) electrons. The molecule has 2 N–H and O–H groups in total. The highest BCUT2D eigenvalue weighted by atomic mass is 79.9. The summed E-state index contributed by atoms with van der Waals surface area (Å²) in [7, 11) is 0. The number of aliphatic carboxylic acids is 1. The van der Waals surface area contributed by atoms with Gasteiger partial charge in [-0.1, -0.05) is 12.1 Å². The Labute approximate surface area is 124 Å². The quantitative estimate of drug-likeness (QED) is 0.858. The van der Waals surface area contributed by atoms with Crippen LogP contribution in [0.5, 0.6) is 0 Å². The number of rotatable bonds is 4. The molecule has 0 spiro atoms. The number of hydrogen-bond donors (Lipinski definition) is 2. The number of benzene rings is 1. The number of carboxylic acids is 1. The number of carboxylic acid groups (broad SMARTS) is 1. The van der Waals surface area contributed by atoms with E-state index in [0.29, 0.717) is 18.8 Å². The minimum atomic E-state index is -0.999. The van der Waals surface area contributed by atoms with Crippen LogP contribution in [0.2, 0.25) is 0 Å². The molecule has 0 aromatic heterocycles. The topological polar surface area (TPSA) is 78.9 Å². The van der Waals surface area contributed by atoms with Crippen molar-refractivity contribution in [1.82, 2.24) is 4.90 Å². The Balaban J connectivity index is 1.88. The van der Waals surface area contributed by atoms with Gasteiger partial charge in [0.25, 0.3) is 0 Å². The van der Waals surface area contributed by atoms with Crippen LogP contribution in [0.25, 0.3) is 0 Å². The molecule has 0 aliphatic carbocycles. The SMILES string of the molecule is O=C(CN1CCOC(C(=O)O)C1)Nc1ccccc1Br. The fourth-order valence-electron chi connectivity index (χ4n) is 1.95. The number of carbonyl (C=O) groups is 2. The third-order valence-electron chi connectivity index (χ3n) is 2.94. The van der Waals surface area contributed by atoms with Crippen LogP contribution in [-0.4, -0.2) is 54.2 Å². The molecule has 108 valence electrons. The van der Waals surface area contributed by atoms with Crippen LogP contribution in [0.15, 0.2) is 28.7 Å². The first-order valence-corrected chi connectivity index (χ1v) is 6.96. The number of nitrogens with one attached hydrogen (secondary N) is 1. The lowest BCUT2D eigenvalue weighted by Crippen LogP contribution is -2.48. The molecule has 20 heavy (non-hydrogen) atoms. The molecular formula is C13H15BrN2O4. The molecule has 1 heterocycles. The third-order valence-corrected chi connectivity index (χ3v) is 3.63. The Morgan fingerprint density at radius 1 is 1.45 bits per heavy atom. The Morgan fingerprint density at radius 3 is 2.90 bits per heavy atom. The zero-order valence-electron chi connectivity index (χ0n) is 10.7. The second-order valence-electron chi connectivity index (χ2n) is 4.46. The average molecular weight is 343 g/mol. The highest BCUT2D eigenvalue weighted by Gasteiger charge is 2.27. The molecule has 1 atom stereocenters. The van der Waals surface area contributed by atoms with Crippen molar-refractivity contribution in [2.45, 2.75) is 6.10 Å². The third kappa shape index (κ3) is 4.03. The standard InChI is InChI=1S/C13H15BrN2O4/c14-9-3-1-2-4-10(9)15-12(17)8-16-5-6-20-11(7-16)13(18)19/h1-4,11H,5-8H2,(H,15,17)(H,18,19). The molecule has 2 rings (SSSR count). The maximum Gasteiger partial charge on any atom is 0.334 e. The monoisotopic (exact) mass is 342 g/mol. The number of para-hydroxylation sites is 1. The van der Waals surface area contributed by atoms with Gasteiger partial charge < -0.3 is 15.2 Å². The molecule has 1 fully saturated rings. The van der Waals surface area contributed by atoms with Gasteiger partial charge >= 0.3 is 5.97 Å². The molecule has 1 unspecified atom stereocenters. The zero-order valence-corrected chi connectivity index (χ0v) is 12.3. The first-order valence-electron chi connectivity index (χ1n) is 6.17. The van der Waals surface area contributed by atoms with Gasteiger partial charge in [-0.15, -0.1) is 0 Å². The molecule has 0 bridgehead atoms. The van der Waals surface area contributed by atoms with Crippen molar-refractivity contribution in [3.8, 4) is 0 Å². The zero-order chi connectivity index (χ0) is 14.5. The van der Waals surface area contributed by atoms with Gasteiger partial charge in [-0.2, -0.15) is 0 Å². The van der Waals surface area contributed by atoms with Crippen molar-refractivity contribution in [1.29, 1.82) is 0 Å². The number of halogens is 1. The van der Waals surface area contributed by atoms with Gasteiger partial charge in [-0.3, -0.25) is 9.69 Å². The van der Waals surface area contributed by atoms with E-state index < -0.39 is 12.1 Å². The van der Waals surface area contributed by atoms with Crippen molar-refractivity contribution in [2.75, 3.05) is 31.6 Å². The lowest BCUT2D eigenvalue weighted by atomic mass is 10.2. The van der Waals surface area contributed by atoms with E-state index in [1.165, 1.54) is 0 Å². The minimum absolute atomic E-state index is 0.147. The molecular weight excluding hydrogens is 328 g/mol. The summed E-state index contributed by atoms with van der Waals surface area (Å²) in [5.74, 6) is -1.18. The molecule has 0 saturated carbocycles. The highest BCUT2D eigenvalue weighted by Crippen LogP contribution is 2.21. The van der Waals surface area contributed by atoms with E-state index in [9.17, 15) is 9.59 Å². The summed E-state index contributed by atoms with van der Waals surface area (Å²) in [6, 6.07) is 7.32. The Hall–Kier alpha value is -1.44.